The molecular formula is C22H23F3N2O5S. The summed E-state index contributed by atoms with van der Waals surface area (Å²) in [6.07, 6.45) is -4.56. The summed E-state index contributed by atoms with van der Waals surface area (Å²) >= 11 is 0. The Kier molecular flexibility index (Phi) is 6.39. The predicted octanol–water partition coefficient (Wildman–Crippen LogP) is 3.03. The number of alkyl halides is 3. The van der Waals surface area contributed by atoms with E-state index in [1.807, 2.05) is 4.90 Å². The summed E-state index contributed by atoms with van der Waals surface area (Å²) in [4.78, 5) is 13.8. The lowest BCUT2D eigenvalue weighted by Crippen LogP contribution is -2.50. The van der Waals surface area contributed by atoms with Crippen molar-refractivity contribution in [3.05, 3.63) is 65.2 Å². The van der Waals surface area contributed by atoms with Gasteiger partial charge in [0.15, 0.2) is 0 Å². The average molecular weight is 484 g/mol. The number of halogens is 3. The number of hydrogen-bond acceptors (Lipinski definition) is 5. The summed E-state index contributed by atoms with van der Waals surface area (Å²) in [5, 5.41) is 8.53. The lowest BCUT2D eigenvalue weighted by atomic mass is 10.1. The fourth-order valence-electron chi connectivity index (χ4n) is 4.50. The molecule has 2 aliphatic rings. The van der Waals surface area contributed by atoms with Gasteiger partial charge in [0.2, 0.25) is 10.0 Å². The molecule has 33 heavy (non-hydrogen) atoms. The van der Waals surface area contributed by atoms with Crippen LogP contribution in [-0.4, -0.2) is 61.2 Å². The molecule has 0 amide bonds. The van der Waals surface area contributed by atoms with Crippen molar-refractivity contribution < 1.29 is 36.2 Å². The van der Waals surface area contributed by atoms with Gasteiger partial charge in [-0.3, -0.25) is 9.69 Å². The van der Waals surface area contributed by atoms with Crippen LogP contribution in [0.4, 0.5) is 13.2 Å². The van der Waals surface area contributed by atoms with E-state index in [9.17, 15) is 31.5 Å². The second-order valence-corrected chi connectivity index (χ2v) is 10.2. The highest BCUT2D eigenvalue weighted by Gasteiger charge is 2.47. The number of piperazine rings is 1. The molecular weight excluding hydrogens is 461 g/mol. The number of carbonyl (C=O) groups is 1. The first kappa shape index (κ1) is 23.5. The second kappa shape index (κ2) is 8.96. The highest BCUT2D eigenvalue weighted by atomic mass is 32.2. The highest BCUT2D eigenvalue weighted by molar-refractivity contribution is 7.89. The monoisotopic (exact) mass is 484 g/mol. The van der Waals surface area contributed by atoms with E-state index < -0.39 is 33.5 Å². The van der Waals surface area contributed by atoms with Crippen LogP contribution in [0.5, 0.6) is 5.75 Å². The summed E-state index contributed by atoms with van der Waals surface area (Å²) in [7, 11) is -3.89. The van der Waals surface area contributed by atoms with E-state index in [1.165, 1.54) is 28.6 Å². The first-order valence-corrected chi connectivity index (χ1v) is 11.9. The molecule has 1 N–H and O–H groups in total. The highest BCUT2D eigenvalue weighted by Crippen LogP contribution is 2.43. The van der Waals surface area contributed by atoms with Gasteiger partial charge in [-0.05, 0) is 35.2 Å². The van der Waals surface area contributed by atoms with Crippen LogP contribution in [0.15, 0.2) is 48.5 Å². The number of nitrogens with zero attached hydrogens (tertiary/aromatic N) is 2. The molecule has 0 bridgehead atoms. The molecule has 178 valence electrons. The van der Waals surface area contributed by atoms with Gasteiger partial charge in [0, 0.05) is 32.7 Å². The largest absolute Gasteiger partial charge is 0.573 e. The van der Waals surface area contributed by atoms with Crippen LogP contribution < -0.4 is 4.74 Å². The summed E-state index contributed by atoms with van der Waals surface area (Å²) < 4.78 is 68.9. The number of ether oxygens (including phenoxy) is 1. The van der Waals surface area contributed by atoms with Crippen molar-refractivity contribution in [1.29, 1.82) is 0 Å². The Morgan fingerprint density at radius 3 is 2.27 bits per heavy atom. The Labute approximate surface area is 189 Å². The van der Waals surface area contributed by atoms with E-state index in [4.69, 9.17) is 0 Å². The molecule has 1 aliphatic carbocycles. The third-order valence-electron chi connectivity index (χ3n) is 6.06. The molecule has 1 heterocycles. The lowest BCUT2D eigenvalue weighted by molar-refractivity contribution is -0.274. The van der Waals surface area contributed by atoms with Crippen LogP contribution in [0.3, 0.4) is 0 Å². The number of rotatable bonds is 6. The summed E-state index contributed by atoms with van der Waals surface area (Å²) in [5.41, 5.74) is 2.07. The number of carboxylic acids is 1. The van der Waals surface area contributed by atoms with Gasteiger partial charge < -0.3 is 9.84 Å². The predicted molar refractivity (Wildman–Crippen MR) is 113 cm³/mol. The van der Waals surface area contributed by atoms with Crippen molar-refractivity contribution in [2.75, 3.05) is 26.2 Å². The van der Waals surface area contributed by atoms with Crippen LogP contribution in [0.1, 0.15) is 21.9 Å². The van der Waals surface area contributed by atoms with Gasteiger partial charge in [0.1, 0.15) is 11.0 Å². The first-order valence-electron chi connectivity index (χ1n) is 10.4. The van der Waals surface area contributed by atoms with Crippen molar-refractivity contribution >= 4 is 16.0 Å². The van der Waals surface area contributed by atoms with Crippen LogP contribution in [0.2, 0.25) is 0 Å². The van der Waals surface area contributed by atoms with E-state index >= 15 is 0 Å². The van der Waals surface area contributed by atoms with Crippen LogP contribution >= 0.6 is 0 Å². The molecule has 2 aromatic rings. The van der Waals surface area contributed by atoms with Gasteiger partial charge in [-0.15, -0.1) is 13.2 Å². The number of sulfonamides is 1. The van der Waals surface area contributed by atoms with E-state index in [-0.39, 0.29) is 25.3 Å². The molecule has 11 heteroatoms. The average Bonchev–Trinajstić information content (AvgIpc) is 3.15. The summed E-state index contributed by atoms with van der Waals surface area (Å²) in [6, 6.07) is 12.5. The van der Waals surface area contributed by atoms with Gasteiger partial charge in [0.05, 0.1) is 5.92 Å². The number of benzene rings is 2. The summed E-state index contributed by atoms with van der Waals surface area (Å²) in [6.45, 7) is 1.72. The molecule has 4 rings (SSSR count). The van der Waals surface area contributed by atoms with E-state index in [0.717, 1.165) is 11.1 Å². The summed E-state index contributed by atoms with van der Waals surface area (Å²) in [5.74, 6) is -2.45. The molecule has 1 saturated heterocycles. The topological polar surface area (TPSA) is 87.1 Å². The molecule has 0 radical (unpaired) electrons. The van der Waals surface area contributed by atoms with Crippen molar-refractivity contribution in [3.8, 4) is 5.75 Å². The van der Waals surface area contributed by atoms with E-state index in [2.05, 4.69) is 4.74 Å². The van der Waals surface area contributed by atoms with Crippen LogP contribution in [-0.2, 0) is 27.8 Å². The Bertz CT molecular complexity index is 1110. The number of hydrogen-bond donors (Lipinski definition) is 1. The molecule has 0 saturated carbocycles. The van der Waals surface area contributed by atoms with Gasteiger partial charge >= 0.3 is 12.3 Å². The Hall–Kier alpha value is -2.63. The fourth-order valence-corrected chi connectivity index (χ4v) is 6.67. The lowest BCUT2D eigenvalue weighted by Gasteiger charge is -2.36. The third-order valence-corrected chi connectivity index (χ3v) is 8.37. The smallest absolute Gasteiger partial charge is 0.481 e. The Morgan fingerprint density at radius 2 is 1.67 bits per heavy atom. The van der Waals surface area contributed by atoms with E-state index in [1.54, 1.807) is 24.3 Å². The zero-order chi connectivity index (χ0) is 23.8. The third kappa shape index (κ3) is 5.15. The van der Waals surface area contributed by atoms with Crippen LogP contribution in [0, 0.1) is 5.92 Å². The quantitative estimate of drug-likeness (QED) is 0.679. The minimum absolute atomic E-state index is 0.184. The second-order valence-electron chi connectivity index (χ2n) is 8.18. The fraction of sp³-hybridized carbons (Fsp3) is 0.409. The zero-order valence-corrected chi connectivity index (χ0v) is 18.3. The standard InChI is InChI=1S/C22H23F3N2O5S/c23-22(24,25)32-17-7-5-15(6-8-17)14-26-9-11-27(12-10-26)33(30,31)20-18-4-2-1-3-16(18)13-19(20)21(28)29/h1-8,19-20H,9-14H2,(H,28,29). The van der Waals surface area contributed by atoms with Gasteiger partial charge in [-0.2, -0.15) is 4.31 Å². The number of carboxylic acid groups (broad SMARTS) is 1. The number of aliphatic carboxylic acids is 1. The normalized spacial score (nSPS) is 22.2. The minimum atomic E-state index is -4.75. The Balaban J connectivity index is 1.40. The molecule has 1 fully saturated rings. The Morgan fingerprint density at radius 1 is 1.03 bits per heavy atom. The first-order chi connectivity index (χ1) is 15.5. The molecule has 0 spiro atoms. The zero-order valence-electron chi connectivity index (χ0n) is 17.5. The maximum Gasteiger partial charge on any atom is 0.573 e. The van der Waals surface area contributed by atoms with Gasteiger partial charge in [-0.25, -0.2) is 8.42 Å². The molecule has 2 unspecified atom stereocenters. The molecule has 2 aromatic carbocycles. The van der Waals surface area contributed by atoms with Crippen molar-refractivity contribution in [3.63, 3.8) is 0 Å². The van der Waals surface area contributed by atoms with Crippen molar-refractivity contribution in [1.82, 2.24) is 9.21 Å². The SMILES string of the molecule is O=C(O)C1Cc2ccccc2C1S(=O)(=O)N1CCN(Cc2ccc(OC(F)(F)F)cc2)CC1. The van der Waals surface area contributed by atoms with Gasteiger partial charge in [-0.1, -0.05) is 36.4 Å². The van der Waals surface area contributed by atoms with Crippen molar-refractivity contribution in [2.24, 2.45) is 5.92 Å². The molecule has 2 atom stereocenters. The molecule has 7 nitrogen and oxygen atoms in total. The maximum absolute atomic E-state index is 13.4. The van der Waals surface area contributed by atoms with Gasteiger partial charge in [0.25, 0.3) is 0 Å². The minimum Gasteiger partial charge on any atom is -0.481 e. The molecule has 0 aromatic heterocycles. The number of fused-ring (bicyclic) bond motifs is 1. The van der Waals surface area contributed by atoms with Crippen molar-refractivity contribution in [2.45, 2.75) is 24.6 Å². The van der Waals surface area contributed by atoms with Crippen LogP contribution in [0.25, 0.3) is 0 Å². The van der Waals surface area contributed by atoms with E-state index in [0.29, 0.717) is 25.2 Å². The maximum atomic E-state index is 13.4. The molecule has 1 aliphatic heterocycles.